The fourth-order valence-corrected chi connectivity index (χ4v) is 2.23. The smallest absolute Gasteiger partial charge is 0.283 e. The van der Waals surface area contributed by atoms with E-state index in [0.29, 0.717) is 10.6 Å². The van der Waals surface area contributed by atoms with Gasteiger partial charge < -0.3 is 5.73 Å². The standard InChI is InChI=1S/C11H9N3O2S/c12-8-7-13-6-5-10(8)17-11-4-2-1-3-9(11)14(15)16/h1-7H,12H2. The average Bonchev–Trinajstić information content (AvgIpc) is 2.32. The van der Waals surface area contributed by atoms with Crippen molar-refractivity contribution in [3.05, 3.63) is 52.8 Å². The zero-order valence-corrected chi connectivity index (χ0v) is 9.55. The lowest BCUT2D eigenvalue weighted by atomic mass is 10.3. The summed E-state index contributed by atoms with van der Waals surface area (Å²) < 4.78 is 0. The molecule has 0 radical (unpaired) electrons. The Morgan fingerprint density at radius 1 is 1.24 bits per heavy atom. The Morgan fingerprint density at radius 2 is 2.00 bits per heavy atom. The van der Waals surface area contributed by atoms with Crippen molar-refractivity contribution in [3.63, 3.8) is 0 Å². The highest BCUT2D eigenvalue weighted by atomic mass is 32.2. The third kappa shape index (κ3) is 2.54. The lowest BCUT2D eigenvalue weighted by Gasteiger charge is -2.04. The van der Waals surface area contributed by atoms with Crippen molar-refractivity contribution in [2.75, 3.05) is 5.73 Å². The summed E-state index contributed by atoms with van der Waals surface area (Å²) in [5.74, 6) is 0. The summed E-state index contributed by atoms with van der Waals surface area (Å²) in [5, 5.41) is 10.8. The van der Waals surface area contributed by atoms with Crippen LogP contribution in [0.15, 0.2) is 52.5 Å². The van der Waals surface area contributed by atoms with Gasteiger partial charge in [-0.15, -0.1) is 0 Å². The molecule has 0 spiro atoms. The zero-order chi connectivity index (χ0) is 12.3. The second kappa shape index (κ2) is 4.84. The number of nitrogens with zero attached hydrogens (tertiary/aromatic N) is 2. The van der Waals surface area contributed by atoms with E-state index >= 15 is 0 Å². The number of benzene rings is 1. The summed E-state index contributed by atoms with van der Waals surface area (Å²) in [6, 6.07) is 8.30. The number of nitrogens with two attached hydrogens (primary N) is 1. The van der Waals surface area contributed by atoms with Gasteiger partial charge in [0.05, 0.1) is 21.7 Å². The average molecular weight is 247 g/mol. The molecule has 2 aromatic rings. The maximum atomic E-state index is 10.8. The van der Waals surface area contributed by atoms with Crippen molar-refractivity contribution in [2.45, 2.75) is 9.79 Å². The first-order valence-electron chi connectivity index (χ1n) is 4.79. The molecule has 17 heavy (non-hydrogen) atoms. The van der Waals surface area contributed by atoms with Crippen LogP contribution in [0.3, 0.4) is 0 Å². The normalized spacial score (nSPS) is 10.1. The largest absolute Gasteiger partial charge is 0.397 e. The van der Waals surface area contributed by atoms with Crippen LogP contribution in [0.5, 0.6) is 0 Å². The van der Waals surface area contributed by atoms with Gasteiger partial charge in [0.2, 0.25) is 0 Å². The van der Waals surface area contributed by atoms with Crippen molar-refractivity contribution in [1.29, 1.82) is 0 Å². The first-order chi connectivity index (χ1) is 8.18. The predicted octanol–water partition coefficient (Wildman–Crippen LogP) is 2.72. The number of hydrogen-bond donors (Lipinski definition) is 1. The van der Waals surface area contributed by atoms with Gasteiger partial charge in [-0.1, -0.05) is 23.9 Å². The monoisotopic (exact) mass is 247 g/mol. The topological polar surface area (TPSA) is 82.0 Å². The van der Waals surface area contributed by atoms with Gasteiger partial charge >= 0.3 is 0 Å². The van der Waals surface area contributed by atoms with Gasteiger partial charge in [0.1, 0.15) is 0 Å². The zero-order valence-electron chi connectivity index (χ0n) is 8.74. The van der Waals surface area contributed by atoms with E-state index in [1.165, 1.54) is 24.0 Å². The Bertz CT molecular complexity index is 560. The summed E-state index contributed by atoms with van der Waals surface area (Å²) in [5.41, 5.74) is 6.33. The highest BCUT2D eigenvalue weighted by Crippen LogP contribution is 2.36. The highest BCUT2D eigenvalue weighted by Gasteiger charge is 2.14. The minimum absolute atomic E-state index is 0.0775. The number of hydrogen-bond acceptors (Lipinski definition) is 5. The Morgan fingerprint density at radius 3 is 2.71 bits per heavy atom. The van der Waals surface area contributed by atoms with Gasteiger partial charge in [0, 0.05) is 17.2 Å². The first kappa shape index (κ1) is 11.4. The molecule has 1 aromatic carbocycles. The molecule has 0 aliphatic rings. The van der Waals surface area contributed by atoms with E-state index in [2.05, 4.69) is 4.98 Å². The van der Waals surface area contributed by atoms with Gasteiger partial charge in [-0.25, -0.2) is 0 Å². The van der Waals surface area contributed by atoms with E-state index < -0.39 is 4.92 Å². The van der Waals surface area contributed by atoms with Crippen LogP contribution in [0.25, 0.3) is 0 Å². The molecule has 0 saturated heterocycles. The van der Waals surface area contributed by atoms with Crippen LogP contribution in [0.1, 0.15) is 0 Å². The third-order valence-corrected chi connectivity index (χ3v) is 3.25. The lowest BCUT2D eigenvalue weighted by molar-refractivity contribution is -0.387. The van der Waals surface area contributed by atoms with E-state index in [9.17, 15) is 10.1 Å². The summed E-state index contributed by atoms with van der Waals surface area (Å²) in [6.45, 7) is 0. The second-order valence-corrected chi connectivity index (χ2v) is 4.32. The summed E-state index contributed by atoms with van der Waals surface area (Å²) in [4.78, 5) is 15.6. The van der Waals surface area contributed by atoms with Crippen LogP contribution in [0.4, 0.5) is 11.4 Å². The van der Waals surface area contributed by atoms with E-state index in [4.69, 9.17) is 5.73 Å². The molecule has 0 unspecified atom stereocenters. The van der Waals surface area contributed by atoms with E-state index in [0.717, 1.165) is 4.90 Å². The summed E-state index contributed by atoms with van der Waals surface area (Å²) in [7, 11) is 0. The Hall–Kier alpha value is -2.08. The van der Waals surface area contributed by atoms with Crippen LogP contribution in [0, 0.1) is 10.1 Å². The maximum absolute atomic E-state index is 10.8. The number of para-hydroxylation sites is 1. The molecule has 6 heteroatoms. The fourth-order valence-electron chi connectivity index (χ4n) is 1.30. The van der Waals surface area contributed by atoms with E-state index in [1.807, 2.05) is 0 Å². The molecule has 2 rings (SSSR count). The van der Waals surface area contributed by atoms with Gasteiger partial charge in [-0.05, 0) is 12.1 Å². The highest BCUT2D eigenvalue weighted by molar-refractivity contribution is 7.99. The van der Waals surface area contributed by atoms with Gasteiger partial charge in [-0.3, -0.25) is 15.1 Å². The van der Waals surface area contributed by atoms with Crippen molar-refractivity contribution in [2.24, 2.45) is 0 Å². The Kier molecular flexibility index (Phi) is 3.24. The molecule has 1 heterocycles. The number of nitrogen functional groups attached to an aromatic ring is 1. The van der Waals surface area contributed by atoms with Crippen LogP contribution >= 0.6 is 11.8 Å². The lowest BCUT2D eigenvalue weighted by Crippen LogP contribution is -1.92. The van der Waals surface area contributed by atoms with Crippen molar-refractivity contribution < 1.29 is 4.92 Å². The second-order valence-electron chi connectivity index (χ2n) is 3.24. The molecule has 0 atom stereocenters. The molecule has 0 aliphatic carbocycles. The molecule has 86 valence electrons. The number of pyridine rings is 1. The van der Waals surface area contributed by atoms with Gasteiger partial charge in [-0.2, -0.15) is 0 Å². The molecule has 2 N–H and O–H groups in total. The first-order valence-corrected chi connectivity index (χ1v) is 5.61. The maximum Gasteiger partial charge on any atom is 0.283 e. The molecular weight excluding hydrogens is 238 g/mol. The fraction of sp³-hybridized carbons (Fsp3) is 0. The molecular formula is C11H9N3O2S. The predicted molar refractivity (Wildman–Crippen MR) is 65.9 cm³/mol. The SMILES string of the molecule is Nc1cnccc1Sc1ccccc1[N+](=O)[O-]. The van der Waals surface area contributed by atoms with Crippen LogP contribution in [-0.2, 0) is 0 Å². The number of nitro benzene ring substituents is 1. The molecule has 0 fully saturated rings. The van der Waals surface area contributed by atoms with Crippen molar-refractivity contribution in [3.8, 4) is 0 Å². The minimum atomic E-state index is -0.403. The number of anilines is 1. The molecule has 0 aliphatic heterocycles. The number of rotatable bonds is 3. The minimum Gasteiger partial charge on any atom is -0.397 e. The Balaban J connectivity index is 2.37. The van der Waals surface area contributed by atoms with Crippen LogP contribution in [0.2, 0.25) is 0 Å². The van der Waals surface area contributed by atoms with E-state index in [-0.39, 0.29) is 5.69 Å². The van der Waals surface area contributed by atoms with Crippen LogP contribution < -0.4 is 5.73 Å². The molecule has 5 nitrogen and oxygen atoms in total. The van der Waals surface area contributed by atoms with Gasteiger partial charge in [0.25, 0.3) is 5.69 Å². The van der Waals surface area contributed by atoms with Crippen molar-refractivity contribution in [1.82, 2.24) is 4.98 Å². The summed E-state index contributed by atoms with van der Waals surface area (Å²) in [6.07, 6.45) is 3.13. The number of nitro groups is 1. The molecule has 0 amide bonds. The summed E-state index contributed by atoms with van der Waals surface area (Å²) >= 11 is 1.26. The third-order valence-electron chi connectivity index (χ3n) is 2.09. The van der Waals surface area contributed by atoms with Crippen LogP contribution in [-0.4, -0.2) is 9.91 Å². The number of aromatic nitrogens is 1. The molecule has 0 saturated carbocycles. The van der Waals surface area contributed by atoms with Gasteiger partial charge in [0.15, 0.2) is 0 Å². The quantitative estimate of drug-likeness (QED) is 0.666. The van der Waals surface area contributed by atoms with Crippen molar-refractivity contribution >= 4 is 23.1 Å². The Labute approximate surface area is 102 Å². The molecule has 1 aromatic heterocycles. The molecule has 0 bridgehead atoms. The van der Waals surface area contributed by atoms with E-state index in [1.54, 1.807) is 30.5 Å².